The van der Waals surface area contributed by atoms with Gasteiger partial charge in [0.1, 0.15) is 24.4 Å². The standard InChI is InChI=1S/C25H30ClN3O5.C2H6/c1-5-16(3)22(23(30)27-20-11-6-15(2)14-19(20)26)29-24(31)21(28-25(29)32)17-7-9-18(10-8-17)34-13-12-33-4;1-2/h6-11,14,16,21-22H,5,12-13H2,1-4H3,(H,27,30)(H,28,32);1-2H3/t16?,21-,22?;/m1./s1. The number of ether oxygens (including phenoxy) is 2. The monoisotopic (exact) mass is 517 g/mol. The van der Waals surface area contributed by atoms with Crippen molar-refractivity contribution >= 4 is 35.1 Å². The summed E-state index contributed by atoms with van der Waals surface area (Å²) in [5.41, 5.74) is 1.98. The van der Waals surface area contributed by atoms with Gasteiger partial charge in [0.25, 0.3) is 5.91 Å². The molecule has 9 heteroatoms. The van der Waals surface area contributed by atoms with Crippen molar-refractivity contribution in [3.05, 3.63) is 58.6 Å². The molecule has 3 rings (SSSR count). The van der Waals surface area contributed by atoms with Crippen LogP contribution in [0.1, 0.15) is 51.3 Å². The van der Waals surface area contributed by atoms with E-state index in [0.717, 1.165) is 10.5 Å². The highest BCUT2D eigenvalue weighted by Crippen LogP contribution is 2.30. The molecule has 3 atom stereocenters. The van der Waals surface area contributed by atoms with Crippen LogP contribution in [0.5, 0.6) is 5.75 Å². The number of hydrogen-bond donors (Lipinski definition) is 2. The second-order valence-corrected chi connectivity index (χ2v) is 8.71. The summed E-state index contributed by atoms with van der Waals surface area (Å²) in [7, 11) is 1.59. The number of anilines is 1. The number of hydrogen-bond acceptors (Lipinski definition) is 5. The van der Waals surface area contributed by atoms with Gasteiger partial charge in [-0.2, -0.15) is 0 Å². The molecule has 1 aliphatic heterocycles. The van der Waals surface area contributed by atoms with Crippen LogP contribution >= 0.6 is 11.6 Å². The zero-order valence-electron chi connectivity index (χ0n) is 21.8. The quantitative estimate of drug-likeness (QED) is 0.327. The number of halogens is 1. The molecule has 1 fully saturated rings. The van der Waals surface area contributed by atoms with Gasteiger partial charge >= 0.3 is 6.03 Å². The summed E-state index contributed by atoms with van der Waals surface area (Å²) in [6.07, 6.45) is 0.592. The number of benzene rings is 2. The lowest BCUT2D eigenvalue weighted by Gasteiger charge is -2.29. The van der Waals surface area contributed by atoms with E-state index in [1.54, 1.807) is 43.5 Å². The summed E-state index contributed by atoms with van der Waals surface area (Å²) in [6, 6.07) is 9.68. The Morgan fingerprint density at radius 3 is 2.39 bits per heavy atom. The minimum atomic E-state index is -0.989. The lowest BCUT2D eigenvalue weighted by Crippen LogP contribution is -2.51. The van der Waals surface area contributed by atoms with Crippen LogP contribution in [0, 0.1) is 12.8 Å². The zero-order chi connectivity index (χ0) is 26.8. The Hall–Kier alpha value is -3.10. The molecule has 36 heavy (non-hydrogen) atoms. The van der Waals surface area contributed by atoms with Crippen LogP contribution in [-0.4, -0.2) is 49.1 Å². The number of nitrogens with zero attached hydrogens (tertiary/aromatic N) is 1. The summed E-state index contributed by atoms with van der Waals surface area (Å²) >= 11 is 6.27. The summed E-state index contributed by atoms with van der Waals surface area (Å²) in [5.74, 6) is -0.588. The maximum Gasteiger partial charge on any atom is 0.325 e. The number of carbonyl (C=O) groups is 3. The fourth-order valence-electron chi connectivity index (χ4n) is 3.76. The van der Waals surface area contributed by atoms with E-state index < -0.39 is 29.9 Å². The molecule has 0 radical (unpaired) electrons. The summed E-state index contributed by atoms with van der Waals surface area (Å²) < 4.78 is 10.5. The molecule has 1 aliphatic rings. The second-order valence-electron chi connectivity index (χ2n) is 8.30. The van der Waals surface area contributed by atoms with E-state index in [1.165, 1.54) is 0 Å². The third-order valence-corrected chi connectivity index (χ3v) is 6.17. The zero-order valence-corrected chi connectivity index (χ0v) is 22.5. The highest BCUT2D eigenvalue weighted by molar-refractivity contribution is 6.33. The second kappa shape index (κ2) is 13.8. The molecule has 1 saturated heterocycles. The molecule has 8 nitrogen and oxygen atoms in total. The van der Waals surface area contributed by atoms with Crippen molar-refractivity contribution in [1.29, 1.82) is 0 Å². The predicted octanol–water partition coefficient (Wildman–Crippen LogP) is 5.35. The van der Waals surface area contributed by atoms with Crippen molar-refractivity contribution in [2.45, 2.75) is 53.1 Å². The summed E-state index contributed by atoms with van der Waals surface area (Å²) in [5, 5.41) is 5.88. The first kappa shape index (κ1) is 29.1. The molecule has 196 valence electrons. The van der Waals surface area contributed by atoms with E-state index in [4.69, 9.17) is 21.1 Å². The first-order chi connectivity index (χ1) is 17.3. The van der Waals surface area contributed by atoms with Crippen LogP contribution < -0.4 is 15.4 Å². The smallest absolute Gasteiger partial charge is 0.325 e. The molecular formula is C27H36ClN3O5. The van der Waals surface area contributed by atoms with Crippen molar-refractivity contribution < 1.29 is 23.9 Å². The molecule has 1 heterocycles. The Balaban J connectivity index is 0.00000222. The average molecular weight is 518 g/mol. The average Bonchev–Trinajstić information content (AvgIpc) is 3.16. The molecule has 0 spiro atoms. The SMILES string of the molecule is CC.CCC(C)C(C(=O)Nc1ccc(C)cc1Cl)N1C(=O)N[C@H](c2ccc(OCCOC)cc2)C1=O. The van der Waals surface area contributed by atoms with E-state index in [2.05, 4.69) is 10.6 Å². The molecule has 2 unspecified atom stereocenters. The van der Waals surface area contributed by atoms with Crippen molar-refractivity contribution in [1.82, 2.24) is 10.2 Å². The summed E-state index contributed by atoms with van der Waals surface area (Å²) in [6.45, 7) is 10.5. The molecule has 4 amide bonds. The summed E-state index contributed by atoms with van der Waals surface area (Å²) in [4.78, 5) is 40.5. The number of methoxy groups -OCH3 is 1. The normalized spacial score (nSPS) is 16.5. The van der Waals surface area contributed by atoms with Gasteiger partial charge in [-0.1, -0.05) is 63.9 Å². The van der Waals surface area contributed by atoms with Crippen molar-refractivity contribution in [2.75, 3.05) is 25.6 Å². The fourth-order valence-corrected chi connectivity index (χ4v) is 4.05. The topological polar surface area (TPSA) is 97.0 Å². The van der Waals surface area contributed by atoms with Crippen molar-refractivity contribution in [3.63, 3.8) is 0 Å². The minimum Gasteiger partial charge on any atom is -0.491 e. The lowest BCUT2D eigenvalue weighted by atomic mass is 9.96. The molecule has 2 N–H and O–H groups in total. The molecule has 2 aromatic rings. The molecule has 0 aromatic heterocycles. The first-order valence-electron chi connectivity index (χ1n) is 12.2. The number of urea groups is 1. The molecule has 0 saturated carbocycles. The van der Waals surface area contributed by atoms with Gasteiger partial charge in [-0.15, -0.1) is 0 Å². The van der Waals surface area contributed by atoms with E-state index in [1.807, 2.05) is 40.7 Å². The Morgan fingerprint density at radius 2 is 1.81 bits per heavy atom. The van der Waals surface area contributed by atoms with Crippen LogP contribution in [-0.2, 0) is 14.3 Å². The van der Waals surface area contributed by atoms with E-state index in [-0.39, 0.29) is 5.92 Å². The maximum absolute atomic E-state index is 13.3. The van der Waals surface area contributed by atoms with Crippen molar-refractivity contribution in [3.8, 4) is 5.75 Å². The number of nitrogens with one attached hydrogen (secondary N) is 2. The molecule has 2 aromatic carbocycles. The van der Waals surface area contributed by atoms with E-state index >= 15 is 0 Å². The highest BCUT2D eigenvalue weighted by atomic mass is 35.5. The Bertz CT molecular complexity index is 1040. The highest BCUT2D eigenvalue weighted by Gasteiger charge is 2.46. The van der Waals surface area contributed by atoms with Gasteiger partial charge in [0.15, 0.2) is 0 Å². The number of carbonyl (C=O) groups excluding carboxylic acids is 3. The van der Waals surface area contributed by atoms with Gasteiger partial charge in [-0.25, -0.2) is 9.69 Å². The van der Waals surface area contributed by atoms with E-state index in [9.17, 15) is 14.4 Å². The Labute approximate surface area is 218 Å². The van der Waals surface area contributed by atoms with E-state index in [0.29, 0.717) is 41.7 Å². The van der Waals surface area contributed by atoms with Gasteiger partial charge < -0.3 is 20.1 Å². The number of aryl methyl sites for hydroxylation is 1. The third kappa shape index (κ3) is 6.98. The largest absolute Gasteiger partial charge is 0.491 e. The van der Waals surface area contributed by atoms with Gasteiger partial charge in [-0.3, -0.25) is 9.59 Å². The van der Waals surface area contributed by atoms with Gasteiger partial charge in [0.05, 0.1) is 17.3 Å². The van der Waals surface area contributed by atoms with Gasteiger partial charge in [0.2, 0.25) is 5.91 Å². The van der Waals surface area contributed by atoms with Gasteiger partial charge in [-0.05, 0) is 48.2 Å². The van der Waals surface area contributed by atoms with Crippen LogP contribution in [0.2, 0.25) is 5.02 Å². The van der Waals surface area contributed by atoms with Crippen LogP contribution in [0.3, 0.4) is 0 Å². The number of imide groups is 1. The van der Waals surface area contributed by atoms with Crippen LogP contribution in [0.25, 0.3) is 0 Å². The molecule has 0 bridgehead atoms. The van der Waals surface area contributed by atoms with Gasteiger partial charge in [0, 0.05) is 7.11 Å². The van der Waals surface area contributed by atoms with Crippen molar-refractivity contribution in [2.24, 2.45) is 5.92 Å². The van der Waals surface area contributed by atoms with Crippen LogP contribution in [0.4, 0.5) is 10.5 Å². The molecule has 0 aliphatic carbocycles. The minimum absolute atomic E-state index is 0.269. The lowest BCUT2D eigenvalue weighted by molar-refractivity contribution is -0.135. The van der Waals surface area contributed by atoms with Crippen LogP contribution in [0.15, 0.2) is 42.5 Å². The Kier molecular flexibility index (Phi) is 11.2. The number of rotatable bonds is 10. The Morgan fingerprint density at radius 1 is 1.14 bits per heavy atom. The third-order valence-electron chi connectivity index (χ3n) is 5.85. The maximum atomic E-state index is 13.3. The predicted molar refractivity (Wildman–Crippen MR) is 141 cm³/mol. The molecular weight excluding hydrogens is 482 g/mol. The fraction of sp³-hybridized carbons (Fsp3) is 0.444. The first-order valence-corrected chi connectivity index (χ1v) is 12.6. The number of amides is 4.